The average molecular weight is 299 g/mol. The first kappa shape index (κ1) is 14.9. The minimum atomic E-state index is -3.69. The van der Waals surface area contributed by atoms with Crippen LogP contribution in [0.4, 0.5) is 5.69 Å². The fourth-order valence-corrected chi connectivity index (χ4v) is 4.01. The molecule has 1 aliphatic heterocycles. The Morgan fingerprint density at radius 3 is 2.75 bits per heavy atom. The third-order valence-electron chi connectivity index (χ3n) is 3.33. The van der Waals surface area contributed by atoms with Crippen LogP contribution in [0, 0.1) is 17.0 Å². The van der Waals surface area contributed by atoms with Crippen LogP contribution in [0.1, 0.15) is 12.5 Å². The molecule has 2 rings (SSSR count). The van der Waals surface area contributed by atoms with Crippen LogP contribution in [0.25, 0.3) is 0 Å². The summed E-state index contributed by atoms with van der Waals surface area (Å²) in [4.78, 5) is 10.2. The Hall–Kier alpha value is -1.51. The Bertz CT molecular complexity index is 630. The lowest BCUT2D eigenvalue weighted by molar-refractivity contribution is -0.385. The highest BCUT2D eigenvalue weighted by Gasteiger charge is 2.30. The summed E-state index contributed by atoms with van der Waals surface area (Å²) in [5.41, 5.74) is 0.305. The van der Waals surface area contributed by atoms with Crippen molar-refractivity contribution in [2.75, 3.05) is 19.6 Å². The van der Waals surface area contributed by atoms with Crippen LogP contribution in [0.2, 0.25) is 0 Å². The number of nitrogens with zero attached hydrogens (tertiary/aromatic N) is 2. The van der Waals surface area contributed by atoms with Gasteiger partial charge in [0, 0.05) is 37.8 Å². The van der Waals surface area contributed by atoms with Gasteiger partial charge in [-0.2, -0.15) is 4.31 Å². The molecule has 7 nitrogen and oxygen atoms in total. The lowest BCUT2D eigenvalue weighted by atomic mass is 10.2. The molecule has 0 aromatic heterocycles. The van der Waals surface area contributed by atoms with Crippen molar-refractivity contribution in [1.82, 2.24) is 9.62 Å². The number of piperazine rings is 1. The minimum absolute atomic E-state index is 0.0146. The normalized spacial score (nSPS) is 20.8. The van der Waals surface area contributed by atoms with Crippen molar-refractivity contribution in [3.63, 3.8) is 0 Å². The van der Waals surface area contributed by atoms with Crippen LogP contribution in [0.5, 0.6) is 0 Å². The van der Waals surface area contributed by atoms with E-state index in [-0.39, 0.29) is 16.6 Å². The molecule has 1 aromatic rings. The second-order valence-corrected chi connectivity index (χ2v) is 6.83. The molecule has 1 aromatic carbocycles. The highest BCUT2D eigenvalue weighted by Crippen LogP contribution is 2.25. The van der Waals surface area contributed by atoms with E-state index in [1.54, 1.807) is 6.92 Å². The molecule has 1 fully saturated rings. The van der Waals surface area contributed by atoms with E-state index < -0.39 is 14.9 Å². The molecule has 0 radical (unpaired) electrons. The largest absolute Gasteiger partial charge is 0.312 e. The van der Waals surface area contributed by atoms with Crippen molar-refractivity contribution >= 4 is 15.7 Å². The summed E-state index contributed by atoms with van der Waals surface area (Å²) in [6, 6.07) is 3.99. The van der Waals surface area contributed by atoms with Gasteiger partial charge in [0.2, 0.25) is 10.0 Å². The second-order valence-electron chi connectivity index (χ2n) is 4.93. The van der Waals surface area contributed by atoms with E-state index >= 15 is 0 Å². The van der Waals surface area contributed by atoms with E-state index in [4.69, 9.17) is 0 Å². The molecule has 0 amide bonds. The molecular formula is C12H17N3O4S. The molecule has 0 aliphatic carbocycles. The second kappa shape index (κ2) is 5.47. The maximum Gasteiger partial charge on any atom is 0.270 e. The Balaban J connectivity index is 2.43. The Labute approximate surface area is 117 Å². The van der Waals surface area contributed by atoms with Gasteiger partial charge in [0.15, 0.2) is 0 Å². The summed E-state index contributed by atoms with van der Waals surface area (Å²) in [6.07, 6.45) is 0. The molecule has 8 heteroatoms. The molecule has 0 unspecified atom stereocenters. The number of nitrogens with one attached hydrogen (secondary N) is 1. The lowest BCUT2D eigenvalue weighted by Gasteiger charge is -2.31. The van der Waals surface area contributed by atoms with Crippen LogP contribution in [0.3, 0.4) is 0 Å². The zero-order chi connectivity index (χ0) is 14.9. The number of aryl methyl sites for hydroxylation is 1. The fraction of sp³-hybridized carbons (Fsp3) is 0.500. The summed E-state index contributed by atoms with van der Waals surface area (Å²) < 4.78 is 26.6. The standard InChI is InChI=1S/C12H17N3O4S/c1-9-3-4-11(15(16)17)7-12(9)20(18,19)14-6-5-13-10(2)8-14/h3-4,7,10,13H,5-6,8H2,1-2H3/t10-/m0/s1. The number of hydrogen-bond acceptors (Lipinski definition) is 5. The van der Waals surface area contributed by atoms with Gasteiger partial charge in [-0.25, -0.2) is 8.42 Å². The smallest absolute Gasteiger partial charge is 0.270 e. The van der Waals surface area contributed by atoms with E-state index in [2.05, 4.69) is 5.32 Å². The number of non-ortho nitro benzene ring substituents is 1. The summed E-state index contributed by atoms with van der Waals surface area (Å²) in [5.74, 6) is 0. The van der Waals surface area contributed by atoms with Crippen LogP contribution >= 0.6 is 0 Å². The van der Waals surface area contributed by atoms with Gasteiger partial charge < -0.3 is 5.32 Å². The molecule has 1 N–H and O–H groups in total. The topological polar surface area (TPSA) is 92.5 Å². The third kappa shape index (κ3) is 2.82. The van der Waals surface area contributed by atoms with Gasteiger partial charge in [-0.3, -0.25) is 10.1 Å². The van der Waals surface area contributed by atoms with Crippen molar-refractivity contribution < 1.29 is 13.3 Å². The molecule has 1 saturated heterocycles. The first-order valence-electron chi connectivity index (χ1n) is 6.31. The molecule has 0 spiro atoms. The SMILES string of the molecule is Cc1ccc([N+](=O)[O-])cc1S(=O)(=O)N1CCN[C@@H](C)C1. The highest BCUT2D eigenvalue weighted by molar-refractivity contribution is 7.89. The Morgan fingerprint density at radius 2 is 2.15 bits per heavy atom. The van der Waals surface area contributed by atoms with Crippen molar-refractivity contribution in [1.29, 1.82) is 0 Å². The van der Waals surface area contributed by atoms with Crippen molar-refractivity contribution in [2.45, 2.75) is 24.8 Å². The van der Waals surface area contributed by atoms with Crippen LogP contribution < -0.4 is 5.32 Å². The van der Waals surface area contributed by atoms with Gasteiger partial charge in [-0.15, -0.1) is 0 Å². The monoisotopic (exact) mass is 299 g/mol. The number of nitro benzene ring substituents is 1. The summed E-state index contributed by atoms with van der Waals surface area (Å²) in [5, 5.41) is 14.0. The zero-order valence-corrected chi connectivity index (χ0v) is 12.2. The third-order valence-corrected chi connectivity index (χ3v) is 5.34. The van der Waals surface area contributed by atoms with Gasteiger partial charge >= 0.3 is 0 Å². The fourth-order valence-electron chi connectivity index (χ4n) is 2.23. The summed E-state index contributed by atoms with van der Waals surface area (Å²) in [6.45, 7) is 4.86. The number of benzene rings is 1. The van der Waals surface area contributed by atoms with Gasteiger partial charge in [-0.1, -0.05) is 6.07 Å². The molecule has 1 heterocycles. The van der Waals surface area contributed by atoms with Crippen molar-refractivity contribution in [3.05, 3.63) is 33.9 Å². The first-order chi connectivity index (χ1) is 9.32. The van der Waals surface area contributed by atoms with Crippen molar-refractivity contribution in [3.8, 4) is 0 Å². The van der Waals surface area contributed by atoms with Crippen molar-refractivity contribution in [2.24, 2.45) is 0 Å². The van der Waals surface area contributed by atoms with Crippen LogP contribution in [-0.4, -0.2) is 43.3 Å². The minimum Gasteiger partial charge on any atom is -0.312 e. The Kier molecular flexibility index (Phi) is 4.07. The van der Waals surface area contributed by atoms with Crippen LogP contribution in [0.15, 0.2) is 23.1 Å². The van der Waals surface area contributed by atoms with Gasteiger partial charge in [0.25, 0.3) is 5.69 Å². The number of nitro groups is 1. The van der Waals surface area contributed by atoms with Gasteiger partial charge in [0.1, 0.15) is 0 Å². The number of hydrogen-bond donors (Lipinski definition) is 1. The number of sulfonamides is 1. The lowest BCUT2D eigenvalue weighted by Crippen LogP contribution is -2.51. The predicted molar refractivity (Wildman–Crippen MR) is 74.1 cm³/mol. The molecule has 1 atom stereocenters. The van der Waals surface area contributed by atoms with E-state index in [0.29, 0.717) is 25.2 Å². The first-order valence-corrected chi connectivity index (χ1v) is 7.75. The highest BCUT2D eigenvalue weighted by atomic mass is 32.2. The van der Waals surface area contributed by atoms with Gasteiger partial charge in [0.05, 0.1) is 9.82 Å². The maximum absolute atomic E-state index is 12.6. The number of rotatable bonds is 3. The molecule has 110 valence electrons. The summed E-state index contributed by atoms with van der Waals surface area (Å²) >= 11 is 0. The summed E-state index contributed by atoms with van der Waals surface area (Å²) in [7, 11) is -3.69. The average Bonchev–Trinajstić information content (AvgIpc) is 2.38. The molecule has 0 bridgehead atoms. The van der Waals surface area contributed by atoms with E-state index in [1.807, 2.05) is 6.92 Å². The van der Waals surface area contributed by atoms with E-state index in [0.717, 1.165) is 6.07 Å². The zero-order valence-electron chi connectivity index (χ0n) is 11.4. The van der Waals surface area contributed by atoms with E-state index in [1.165, 1.54) is 16.4 Å². The van der Waals surface area contributed by atoms with Gasteiger partial charge in [-0.05, 0) is 19.4 Å². The predicted octanol–water partition coefficient (Wildman–Crippen LogP) is 0.886. The quantitative estimate of drug-likeness (QED) is 0.661. The molecule has 0 saturated carbocycles. The van der Waals surface area contributed by atoms with Crippen LogP contribution in [-0.2, 0) is 10.0 Å². The Morgan fingerprint density at radius 1 is 1.45 bits per heavy atom. The molecule has 1 aliphatic rings. The molecular weight excluding hydrogens is 282 g/mol. The molecule has 20 heavy (non-hydrogen) atoms. The maximum atomic E-state index is 12.6. The van der Waals surface area contributed by atoms with E-state index in [9.17, 15) is 18.5 Å².